The lowest BCUT2D eigenvalue weighted by molar-refractivity contribution is 0.0153. The van der Waals surface area contributed by atoms with Crippen LogP contribution in [0.5, 0.6) is 0 Å². The van der Waals surface area contributed by atoms with Crippen molar-refractivity contribution in [3.8, 4) is 0 Å². The molecule has 0 saturated carbocycles. The quantitative estimate of drug-likeness (QED) is 0.924. The lowest BCUT2D eigenvalue weighted by Gasteiger charge is -2.40. The highest BCUT2D eigenvalue weighted by Crippen LogP contribution is 2.23. The third-order valence-electron chi connectivity index (χ3n) is 4.61. The molecule has 2 unspecified atom stereocenters. The fourth-order valence-electron chi connectivity index (χ4n) is 2.98. The predicted octanol–water partition coefficient (Wildman–Crippen LogP) is 2.13. The van der Waals surface area contributed by atoms with Crippen molar-refractivity contribution < 1.29 is 5.11 Å². The summed E-state index contributed by atoms with van der Waals surface area (Å²) in [5.74, 6) is 0. The number of hydrogen-bond acceptors (Lipinski definition) is 3. The summed E-state index contributed by atoms with van der Waals surface area (Å²) in [6.45, 7) is 9.73. The highest BCUT2D eigenvalue weighted by Gasteiger charge is 2.28. The van der Waals surface area contributed by atoms with E-state index in [1.165, 1.54) is 11.1 Å². The molecule has 2 atom stereocenters. The van der Waals surface area contributed by atoms with Gasteiger partial charge < -0.3 is 10.0 Å². The van der Waals surface area contributed by atoms with Gasteiger partial charge in [0.05, 0.1) is 6.10 Å². The van der Waals surface area contributed by atoms with Crippen LogP contribution in [0, 0.1) is 0 Å². The molecule has 1 heterocycles. The van der Waals surface area contributed by atoms with Crippen LogP contribution in [0.2, 0.25) is 0 Å². The summed E-state index contributed by atoms with van der Waals surface area (Å²) in [5, 5.41) is 10.6. The molecule has 1 aromatic rings. The number of hydrogen-bond donors (Lipinski definition) is 1. The molecule has 3 nitrogen and oxygen atoms in total. The number of piperazine rings is 1. The van der Waals surface area contributed by atoms with E-state index in [2.05, 4.69) is 68.9 Å². The van der Waals surface area contributed by atoms with Crippen molar-refractivity contribution in [3.05, 3.63) is 35.4 Å². The van der Waals surface area contributed by atoms with Crippen molar-refractivity contribution in [1.29, 1.82) is 0 Å². The van der Waals surface area contributed by atoms with Gasteiger partial charge in [-0.1, -0.05) is 45.0 Å². The molecule has 1 fully saturated rings. The molecular weight excluding hydrogens is 260 g/mol. The number of rotatable bonds is 3. The normalized spacial score (nSPS) is 23.2. The minimum atomic E-state index is -0.307. The maximum Gasteiger partial charge on any atom is 0.0747 e. The van der Waals surface area contributed by atoms with Gasteiger partial charge in [-0.2, -0.15) is 0 Å². The van der Waals surface area contributed by atoms with E-state index in [1.54, 1.807) is 0 Å². The third-order valence-corrected chi connectivity index (χ3v) is 4.61. The molecule has 0 amide bonds. The van der Waals surface area contributed by atoms with Crippen molar-refractivity contribution in [2.24, 2.45) is 0 Å². The van der Waals surface area contributed by atoms with E-state index in [9.17, 15) is 5.11 Å². The van der Waals surface area contributed by atoms with Gasteiger partial charge in [0.25, 0.3) is 0 Å². The zero-order valence-corrected chi connectivity index (χ0v) is 14.1. The maximum absolute atomic E-state index is 10.6. The van der Waals surface area contributed by atoms with E-state index in [0.717, 1.165) is 26.1 Å². The van der Waals surface area contributed by atoms with E-state index < -0.39 is 0 Å². The minimum absolute atomic E-state index is 0.184. The molecule has 3 heteroatoms. The van der Waals surface area contributed by atoms with E-state index in [4.69, 9.17) is 0 Å². The largest absolute Gasteiger partial charge is 0.391 e. The highest BCUT2D eigenvalue weighted by atomic mass is 16.3. The Hall–Kier alpha value is -0.900. The van der Waals surface area contributed by atoms with Crippen LogP contribution in [0.15, 0.2) is 24.3 Å². The lowest BCUT2D eigenvalue weighted by atomic mass is 9.86. The monoisotopic (exact) mass is 290 g/mol. The molecule has 1 saturated heterocycles. The van der Waals surface area contributed by atoms with Crippen LogP contribution in [-0.2, 0) is 11.8 Å². The number of nitrogens with zero attached hydrogens (tertiary/aromatic N) is 2. The summed E-state index contributed by atoms with van der Waals surface area (Å²) in [7, 11) is 4.24. The van der Waals surface area contributed by atoms with Crippen molar-refractivity contribution in [3.63, 3.8) is 0 Å². The molecular formula is C18H30N2O. The van der Waals surface area contributed by atoms with Crippen LogP contribution in [0.25, 0.3) is 0 Å². The summed E-state index contributed by atoms with van der Waals surface area (Å²) in [6, 6.07) is 8.94. The second kappa shape index (κ2) is 6.47. The zero-order chi connectivity index (χ0) is 15.6. The van der Waals surface area contributed by atoms with Crippen LogP contribution >= 0.6 is 0 Å². The first-order chi connectivity index (χ1) is 9.77. The van der Waals surface area contributed by atoms with Crippen molar-refractivity contribution in [1.82, 2.24) is 9.80 Å². The van der Waals surface area contributed by atoms with Gasteiger partial charge in [0.1, 0.15) is 0 Å². The van der Waals surface area contributed by atoms with Crippen molar-refractivity contribution in [2.75, 3.05) is 33.7 Å². The molecule has 0 bridgehead atoms. The topological polar surface area (TPSA) is 26.7 Å². The molecule has 118 valence electrons. The van der Waals surface area contributed by atoms with Gasteiger partial charge in [0.2, 0.25) is 0 Å². The van der Waals surface area contributed by atoms with Gasteiger partial charge in [-0.3, -0.25) is 4.90 Å². The van der Waals surface area contributed by atoms with Gasteiger partial charge in [-0.05, 0) is 37.1 Å². The summed E-state index contributed by atoms with van der Waals surface area (Å²) < 4.78 is 0. The molecule has 0 aromatic heterocycles. The molecule has 1 aliphatic heterocycles. The Bertz CT molecular complexity index is 449. The molecule has 1 aromatic carbocycles. The van der Waals surface area contributed by atoms with Gasteiger partial charge >= 0.3 is 0 Å². The number of likely N-dealkylation sites (N-methyl/N-ethyl adjacent to an activating group) is 2. The van der Waals surface area contributed by atoms with Crippen molar-refractivity contribution >= 4 is 0 Å². The van der Waals surface area contributed by atoms with E-state index in [0.29, 0.717) is 0 Å². The lowest BCUT2D eigenvalue weighted by Crippen LogP contribution is -2.55. The first-order valence-corrected chi connectivity index (χ1v) is 7.93. The number of benzene rings is 1. The predicted molar refractivity (Wildman–Crippen MR) is 88.8 cm³/mol. The average Bonchev–Trinajstić information content (AvgIpc) is 2.41. The standard InChI is InChI=1S/C18H30N2O/c1-18(2,3)15-8-6-14(7-9-15)12-17(21)16-13-19(4)10-11-20(16)5/h6-9,16-17,21H,10-13H2,1-5H3. The Labute approximate surface area is 129 Å². The Kier molecular flexibility index (Phi) is 5.07. The third kappa shape index (κ3) is 4.29. The van der Waals surface area contributed by atoms with Gasteiger partial charge in [0.15, 0.2) is 0 Å². The van der Waals surface area contributed by atoms with E-state index >= 15 is 0 Å². The van der Waals surface area contributed by atoms with E-state index in [-0.39, 0.29) is 17.6 Å². The minimum Gasteiger partial charge on any atom is -0.391 e. The Morgan fingerprint density at radius 1 is 1.14 bits per heavy atom. The second-order valence-corrected chi connectivity index (χ2v) is 7.53. The summed E-state index contributed by atoms with van der Waals surface area (Å²) in [6.07, 6.45) is 0.422. The maximum atomic E-state index is 10.6. The molecule has 0 spiro atoms. The fourth-order valence-corrected chi connectivity index (χ4v) is 2.98. The van der Waals surface area contributed by atoms with Crippen LogP contribution < -0.4 is 0 Å². The summed E-state index contributed by atoms with van der Waals surface area (Å²) in [4.78, 5) is 4.59. The zero-order valence-electron chi connectivity index (χ0n) is 14.1. The molecule has 0 radical (unpaired) electrons. The van der Waals surface area contributed by atoms with Crippen LogP contribution in [0.1, 0.15) is 31.9 Å². The smallest absolute Gasteiger partial charge is 0.0747 e. The Balaban J connectivity index is 2.00. The number of aliphatic hydroxyl groups is 1. The molecule has 1 N–H and O–H groups in total. The molecule has 0 aliphatic carbocycles. The fraction of sp³-hybridized carbons (Fsp3) is 0.667. The van der Waals surface area contributed by atoms with Gasteiger partial charge in [-0.15, -0.1) is 0 Å². The second-order valence-electron chi connectivity index (χ2n) is 7.53. The van der Waals surface area contributed by atoms with Gasteiger partial charge in [0, 0.05) is 25.7 Å². The average molecular weight is 290 g/mol. The van der Waals surface area contributed by atoms with Crippen molar-refractivity contribution in [2.45, 2.75) is 44.8 Å². The Morgan fingerprint density at radius 2 is 1.76 bits per heavy atom. The summed E-state index contributed by atoms with van der Waals surface area (Å²) >= 11 is 0. The SMILES string of the molecule is CN1CCN(C)C(C(O)Cc2ccc(C(C)(C)C)cc2)C1. The number of aliphatic hydroxyl groups excluding tert-OH is 1. The van der Waals surface area contributed by atoms with E-state index in [1.807, 2.05) is 0 Å². The molecule has 21 heavy (non-hydrogen) atoms. The molecule has 1 aliphatic rings. The molecule has 2 rings (SSSR count). The van der Waals surface area contributed by atoms with Crippen LogP contribution in [0.3, 0.4) is 0 Å². The van der Waals surface area contributed by atoms with Crippen LogP contribution in [0.4, 0.5) is 0 Å². The van der Waals surface area contributed by atoms with Crippen LogP contribution in [-0.4, -0.2) is 60.8 Å². The van der Waals surface area contributed by atoms with Gasteiger partial charge in [-0.25, -0.2) is 0 Å². The first kappa shape index (κ1) is 16.5. The highest BCUT2D eigenvalue weighted by molar-refractivity contribution is 5.28. The first-order valence-electron chi connectivity index (χ1n) is 7.93. The Morgan fingerprint density at radius 3 is 2.33 bits per heavy atom. The summed E-state index contributed by atoms with van der Waals surface area (Å²) in [5.41, 5.74) is 2.75.